The van der Waals surface area contributed by atoms with Gasteiger partial charge in [-0.2, -0.15) is 0 Å². The van der Waals surface area contributed by atoms with Gasteiger partial charge in [-0.05, 0) is 34.1 Å². The Balaban J connectivity index is 2.63. The molecule has 0 amide bonds. The van der Waals surface area contributed by atoms with Gasteiger partial charge in [0.1, 0.15) is 22.6 Å². The van der Waals surface area contributed by atoms with Crippen LogP contribution in [-0.4, -0.2) is 9.97 Å². The first-order valence-corrected chi connectivity index (χ1v) is 4.89. The fourth-order valence-electron chi connectivity index (χ4n) is 1.21. The Morgan fingerprint density at radius 2 is 1.73 bits per heavy atom. The Hall–Kier alpha value is -1.36. The van der Waals surface area contributed by atoms with Crippen LogP contribution in [0.4, 0.5) is 8.78 Å². The topological polar surface area (TPSA) is 25.8 Å². The third-order valence-corrected chi connectivity index (χ3v) is 2.29. The lowest BCUT2D eigenvalue weighted by molar-refractivity contribution is 0.588. The van der Waals surface area contributed by atoms with Crippen molar-refractivity contribution in [1.82, 2.24) is 9.97 Å². The van der Waals surface area contributed by atoms with Gasteiger partial charge in [0.25, 0.3) is 0 Å². The molecule has 1 aromatic heterocycles. The molecule has 0 saturated carbocycles. The lowest BCUT2D eigenvalue weighted by Crippen LogP contribution is -1.93. The summed E-state index contributed by atoms with van der Waals surface area (Å²) in [6.45, 7) is 0. The van der Waals surface area contributed by atoms with Crippen molar-refractivity contribution < 1.29 is 8.78 Å². The molecule has 5 heteroatoms. The number of halogens is 3. The monoisotopic (exact) mass is 270 g/mol. The Bertz CT molecular complexity index is 482. The van der Waals surface area contributed by atoms with Crippen molar-refractivity contribution in [3.8, 4) is 11.3 Å². The maximum absolute atomic E-state index is 13.4. The fourth-order valence-corrected chi connectivity index (χ4v) is 1.52. The van der Waals surface area contributed by atoms with E-state index in [1.54, 1.807) is 0 Å². The highest BCUT2D eigenvalue weighted by molar-refractivity contribution is 9.10. The zero-order valence-corrected chi connectivity index (χ0v) is 9.00. The molecule has 15 heavy (non-hydrogen) atoms. The summed E-state index contributed by atoms with van der Waals surface area (Å²) in [6.07, 6.45) is 1.24. The van der Waals surface area contributed by atoms with Crippen molar-refractivity contribution in [2.45, 2.75) is 0 Å². The highest BCUT2D eigenvalue weighted by Crippen LogP contribution is 2.24. The predicted octanol–water partition coefficient (Wildman–Crippen LogP) is 3.18. The lowest BCUT2D eigenvalue weighted by atomic mass is 10.1. The molecule has 0 spiro atoms. The number of hydrogen-bond donors (Lipinski definition) is 0. The van der Waals surface area contributed by atoms with Crippen LogP contribution < -0.4 is 0 Å². The summed E-state index contributed by atoms with van der Waals surface area (Å²) in [5.41, 5.74) is 0.0769. The average Bonchev–Trinajstić information content (AvgIpc) is 2.17. The van der Waals surface area contributed by atoms with Gasteiger partial charge in [0.2, 0.25) is 0 Å². The van der Waals surface area contributed by atoms with Crippen LogP contribution in [0.3, 0.4) is 0 Å². The molecule has 0 N–H and O–H groups in total. The van der Waals surface area contributed by atoms with Crippen molar-refractivity contribution in [3.63, 3.8) is 0 Å². The van der Waals surface area contributed by atoms with Crippen LogP contribution in [0.25, 0.3) is 11.3 Å². The van der Waals surface area contributed by atoms with Crippen LogP contribution in [0.5, 0.6) is 0 Å². The number of hydrogen-bond acceptors (Lipinski definition) is 2. The molecule has 0 aliphatic rings. The summed E-state index contributed by atoms with van der Waals surface area (Å²) in [4.78, 5) is 7.60. The molecule has 2 aromatic rings. The standard InChI is InChI=1S/C10H5BrF2N2/c11-9-4-8(14-5-15-9)10-6(12)2-1-3-7(10)13/h1-5H. The second-order valence-electron chi connectivity index (χ2n) is 2.82. The highest BCUT2D eigenvalue weighted by atomic mass is 79.9. The van der Waals surface area contributed by atoms with Gasteiger partial charge in [-0.3, -0.25) is 0 Å². The van der Waals surface area contributed by atoms with Gasteiger partial charge >= 0.3 is 0 Å². The molecule has 76 valence electrons. The molecule has 0 bridgehead atoms. The molecule has 0 saturated heterocycles. The molecule has 0 radical (unpaired) electrons. The van der Waals surface area contributed by atoms with E-state index in [4.69, 9.17) is 0 Å². The van der Waals surface area contributed by atoms with E-state index in [0.717, 1.165) is 0 Å². The van der Waals surface area contributed by atoms with Crippen LogP contribution in [0.1, 0.15) is 0 Å². The maximum atomic E-state index is 13.4. The van der Waals surface area contributed by atoms with E-state index < -0.39 is 11.6 Å². The highest BCUT2D eigenvalue weighted by Gasteiger charge is 2.12. The van der Waals surface area contributed by atoms with Crippen molar-refractivity contribution in [2.24, 2.45) is 0 Å². The first-order valence-electron chi connectivity index (χ1n) is 4.10. The summed E-state index contributed by atoms with van der Waals surface area (Å²) in [6, 6.07) is 5.15. The van der Waals surface area contributed by atoms with E-state index in [9.17, 15) is 8.78 Å². The smallest absolute Gasteiger partial charge is 0.135 e. The molecule has 1 heterocycles. The predicted molar refractivity (Wildman–Crippen MR) is 55.1 cm³/mol. The number of aromatic nitrogens is 2. The number of nitrogens with zero attached hydrogens (tertiary/aromatic N) is 2. The molecule has 0 aliphatic carbocycles. The zero-order chi connectivity index (χ0) is 10.8. The van der Waals surface area contributed by atoms with Gasteiger partial charge < -0.3 is 0 Å². The molecule has 1 aromatic carbocycles. The molecular formula is C10H5BrF2N2. The maximum Gasteiger partial charge on any atom is 0.135 e. The molecule has 2 nitrogen and oxygen atoms in total. The molecular weight excluding hydrogens is 266 g/mol. The van der Waals surface area contributed by atoms with E-state index in [1.165, 1.54) is 30.6 Å². The molecule has 0 fully saturated rings. The third-order valence-electron chi connectivity index (χ3n) is 1.85. The van der Waals surface area contributed by atoms with E-state index in [-0.39, 0.29) is 11.3 Å². The molecule has 0 atom stereocenters. The average molecular weight is 271 g/mol. The quantitative estimate of drug-likeness (QED) is 0.744. The first kappa shape index (κ1) is 10.2. The van der Waals surface area contributed by atoms with E-state index in [2.05, 4.69) is 25.9 Å². The molecule has 0 aliphatic heterocycles. The Morgan fingerprint density at radius 3 is 2.33 bits per heavy atom. The Labute approximate surface area is 93.1 Å². The van der Waals surface area contributed by atoms with Crippen molar-refractivity contribution in [2.75, 3.05) is 0 Å². The van der Waals surface area contributed by atoms with Crippen LogP contribution in [0.15, 0.2) is 35.2 Å². The Kier molecular flexibility index (Phi) is 2.73. The molecule has 0 unspecified atom stereocenters. The van der Waals surface area contributed by atoms with Crippen molar-refractivity contribution in [3.05, 3.63) is 46.8 Å². The second kappa shape index (κ2) is 4.02. The summed E-state index contributed by atoms with van der Waals surface area (Å²) in [5, 5.41) is 0. The van der Waals surface area contributed by atoms with Crippen LogP contribution >= 0.6 is 15.9 Å². The minimum absolute atomic E-state index is 0.138. The van der Waals surface area contributed by atoms with Crippen LogP contribution in [0, 0.1) is 11.6 Å². The summed E-state index contributed by atoms with van der Waals surface area (Å²) in [5.74, 6) is -1.28. The van der Waals surface area contributed by atoms with Gasteiger partial charge in [0.15, 0.2) is 0 Å². The van der Waals surface area contributed by atoms with Gasteiger partial charge in [-0.15, -0.1) is 0 Å². The summed E-state index contributed by atoms with van der Waals surface area (Å²) >= 11 is 3.11. The minimum Gasteiger partial charge on any atom is -0.236 e. The normalized spacial score (nSPS) is 10.3. The number of benzene rings is 1. The zero-order valence-electron chi connectivity index (χ0n) is 7.42. The van der Waals surface area contributed by atoms with Gasteiger partial charge in [-0.1, -0.05) is 6.07 Å². The first-order chi connectivity index (χ1) is 7.18. The number of rotatable bonds is 1. The van der Waals surface area contributed by atoms with Gasteiger partial charge in [0, 0.05) is 0 Å². The minimum atomic E-state index is -0.638. The summed E-state index contributed by atoms with van der Waals surface area (Å²) < 4.78 is 27.2. The fraction of sp³-hybridized carbons (Fsp3) is 0. The van der Waals surface area contributed by atoms with Crippen LogP contribution in [0.2, 0.25) is 0 Å². The van der Waals surface area contributed by atoms with Gasteiger partial charge in [-0.25, -0.2) is 18.7 Å². The second-order valence-corrected chi connectivity index (χ2v) is 3.64. The third kappa shape index (κ3) is 2.02. The van der Waals surface area contributed by atoms with E-state index >= 15 is 0 Å². The largest absolute Gasteiger partial charge is 0.236 e. The Morgan fingerprint density at radius 1 is 1.07 bits per heavy atom. The SMILES string of the molecule is Fc1cccc(F)c1-c1cc(Br)ncn1. The lowest BCUT2D eigenvalue weighted by Gasteiger charge is -2.03. The van der Waals surface area contributed by atoms with E-state index in [0.29, 0.717) is 4.60 Å². The van der Waals surface area contributed by atoms with E-state index in [1.807, 2.05) is 0 Å². The molecule has 2 rings (SSSR count). The summed E-state index contributed by atoms with van der Waals surface area (Å²) in [7, 11) is 0. The van der Waals surface area contributed by atoms with Crippen LogP contribution in [-0.2, 0) is 0 Å². The van der Waals surface area contributed by atoms with Gasteiger partial charge in [0.05, 0.1) is 11.3 Å². The van der Waals surface area contributed by atoms with Crippen molar-refractivity contribution >= 4 is 15.9 Å². The van der Waals surface area contributed by atoms with Crippen molar-refractivity contribution in [1.29, 1.82) is 0 Å².